The van der Waals surface area contributed by atoms with Crippen molar-refractivity contribution in [3.8, 4) is 0 Å². The van der Waals surface area contributed by atoms with Crippen molar-refractivity contribution in [1.82, 2.24) is 0 Å². The average molecular weight is 228 g/mol. The molecule has 0 aromatic heterocycles. The van der Waals surface area contributed by atoms with Crippen LogP contribution in [0.25, 0.3) is 10.8 Å². The standard InChI is InChI=1S/C16H20O/c1-4-11(2)16(17)15-12(3)9-10-13-7-5-6-8-14(13)15/h5-11,16-17H,4H2,1-3H3. The fourth-order valence-corrected chi connectivity index (χ4v) is 2.30. The summed E-state index contributed by atoms with van der Waals surface area (Å²) in [5.41, 5.74) is 2.27. The first-order chi connectivity index (χ1) is 8.15. The summed E-state index contributed by atoms with van der Waals surface area (Å²) >= 11 is 0. The Hall–Kier alpha value is -1.34. The van der Waals surface area contributed by atoms with Crippen LogP contribution in [-0.4, -0.2) is 5.11 Å². The number of aryl methyl sites for hydroxylation is 1. The van der Waals surface area contributed by atoms with Crippen LogP contribution in [0.4, 0.5) is 0 Å². The molecular weight excluding hydrogens is 208 g/mol. The SMILES string of the molecule is CCC(C)C(O)c1c(C)ccc2ccccc12. The zero-order valence-electron chi connectivity index (χ0n) is 10.8. The molecule has 2 atom stereocenters. The molecule has 2 rings (SSSR count). The summed E-state index contributed by atoms with van der Waals surface area (Å²) in [7, 11) is 0. The van der Waals surface area contributed by atoms with Crippen molar-refractivity contribution < 1.29 is 5.11 Å². The molecule has 0 heterocycles. The average Bonchev–Trinajstić information content (AvgIpc) is 2.37. The van der Waals surface area contributed by atoms with E-state index in [1.165, 1.54) is 16.3 Å². The van der Waals surface area contributed by atoms with Crippen molar-refractivity contribution in [2.45, 2.75) is 33.3 Å². The molecule has 0 spiro atoms. The van der Waals surface area contributed by atoms with E-state index < -0.39 is 0 Å². The summed E-state index contributed by atoms with van der Waals surface area (Å²) in [5, 5.41) is 12.9. The summed E-state index contributed by atoms with van der Waals surface area (Å²) in [6.45, 7) is 6.30. The van der Waals surface area contributed by atoms with E-state index in [2.05, 4.69) is 45.0 Å². The summed E-state index contributed by atoms with van der Waals surface area (Å²) in [4.78, 5) is 0. The third-order valence-corrected chi connectivity index (χ3v) is 3.67. The van der Waals surface area contributed by atoms with Crippen molar-refractivity contribution in [1.29, 1.82) is 0 Å². The van der Waals surface area contributed by atoms with Gasteiger partial charge in [-0.15, -0.1) is 0 Å². The molecule has 2 aromatic rings. The second kappa shape index (κ2) is 4.89. The van der Waals surface area contributed by atoms with Gasteiger partial charge < -0.3 is 5.11 Å². The van der Waals surface area contributed by atoms with Crippen molar-refractivity contribution in [2.24, 2.45) is 5.92 Å². The molecule has 0 aliphatic carbocycles. The number of aliphatic hydroxyl groups is 1. The van der Waals surface area contributed by atoms with Gasteiger partial charge >= 0.3 is 0 Å². The van der Waals surface area contributed by atoms with Gasteiger partial charge in [-0.3, -0.25) is 0 Å². The van der Waals surface area contributed by atoms with Crippen LogP contribution in [0, 0.1) is 12.8 Å². The van der Waals surface area contributed by atoms with Gasteiger partial charge in [-0.05, 0) is 34.7 Å². The fraction of sp³-hybridized carbons (Fsp3) is 0.375. The van der Waals surface area contributed by atoms with E-state index in [4.69, 9.17) is 0 Å². The van der Waals surface area contributed by atoms with Gasteiger partial charge in [0.05, 0.1) is 6.10 Å². The highest BCUT2D eigenvalue weighted by Gasteiger charge is 2.18. The Labute approximate surface area is 103 Å². The predicted molar refractivity (Wildman–Crippen MR) is 73.1 cm³/mol. The highest BCUT2D eigenvalue weighted by Crippen LogP contribution is 2.32. The molecule has 0 saturated carbocycles. The number of fused-ring (bicyclic) bond motifs is 1. The first-order valence-electron chi connectivity index (χ1n) is 6.31. The smallest absolute Gasteiger partial charge is 0.0824 e. The van der Waals surface area contributed by atoms with Crippen LogP contribution in [-0.2, 0) is 0 Å². The van der Waals surface area contributed by atoms with Crippen LogP contribution in [0.2, 0.25) is 0 Å². The Morgan fingerprint density at radius 2 is 1.82 bits per heavy atom. The fourth-order valence-electron chi connectivity index (χ4n) is 2.30. The van der Waals surface area contributed by atoms with Crippen molar-refractivity contribution in [3.05, 3.63) is 47.5 Å². The van der Waals surface area contributed by atoms with Gasteiger partial charge in [-0.2, -0.15) is 0 Å². The second-order valence-electron chi connectivity index (χ2n) is 4.85. The Balaban J connectivity index is 2.62. The molecule has 0 amide bonds. The first-order valence-corrected chi connectivity index (χ1v) is 6.31. The van der Waals surface area contributed by atoms with Crippen molar-refractivity contribution >= 4 is 10.8 Å². The number of rotatable bonds is 3. The van der Waals surface area contributed by atoms with Gasteiger partial charge in [0.25, 0.3) is 0 Å². The van der Waals surface area contributed by atoms with E-state index in [1.807, 2.05) is 12.1 Å². The van der Waals surface area contributed by atoms with E-state index in [9.17, 15) is 5.11 Å². The Bertz CT molecular complexity index is 516. The van der Waals surface area contributed by atoms with Gasteiger partial charge in [0.2, 0.25) is 0 Å². The van der Waals surface area contributed by atoms with Crippen LogP contribution in [0.1, 0.15) is 37.5 Å². The lowest BCUT2D eigenvalue weighted by Crippen LogP contribution is -2.10. The minimum atomic E-state index is -0.369. The molecule has 0 radical (unpaired) electrons. The zero-order valence-corrected chi connectivity index (χ0v) is 10.8. The Kier molecular flexibility index (Phi) is 3.49. The molecule has 0 aliphatic heterocycles. The first kappa shape index (κ1) is 12.1. The minimum absolute atomic E-state index is 0.291. The van der Waals surface area contributed by atoms with Gasteiger partial charge in [0.15, 0.2) is 0 Å². The van der Waals surface area contributed by atoms with E-state index in [0.717, 1.165) is 12.0 Å². The molecule has 0 bridgehead atoms. The highest BCUT2D eigenvalue weighted by molar-refractivity contribution is 5.87. The lowest BCUT2D eigenvalue weighted by molar-refractivity contribution is 0.116. The minimum Gasteiger partial charge on any atom is -0.388 e. The lowest BCUT2D eigenvalue weighted by atomic mass is 9.88. The van der Waals surface area contributed by atoms with Gasteiger partial charge in [-0.25, -0.2) is 0 Å². The maximum atomic E-state index is 10.5. The molecule has 1 nitrogen and oxygen atoms in total. The van der Waals surface area contributed by atoms with E-state index in [0.29, 0.717) is 5.92 Å². The molecule has 17 heavy (non-hydrogen) atoms. The molecule has 1 N–H and O–H groups in total. The van der Waals surface area contributed by atoms with Crippen LogP contribution in [0.5, 0.6) is 0 Å². The van der Waals surface area contributed by atoms with Crippen LogP contribution in [0.3, 0.4) is 0 Å². The largest absolute Gasteiger partial charge is 0.388 e. The summed E-state index contributed by atoms with van der Waals surface area (Å²) < 4.78 is 0. The molecule has 1 heteroatoms. The topological polar surface area (TPSA) is 20.2 Å². The van der Waals surface area contributed by atoms with E-state index in [1.54, 1.807) is 0 Å². The third-order valence-electron chi connectivity index (χ3n) is 3.67. The summed E-state index contributed by atoms with van der Waals surface area (Å²) in [6.07, 6.45) is 0.621. The highest BCUT2D eigenvalue weighted by atomic mass is 16.3. The molecule has 2 aromatic carbocycles. The molecule has 0 aliphatic rings. The third kappa shape index (κ3) is 2.20. The van der Waals surface area contributed by atoms with Crippen LogP contribution < -0.4 is 0 Å². The summed E-state index contributed by atoms with van der Waals surface area (Å²) in [6, 6.07) is 12.5. The van der Waals surface area contributed by atoms with Crippen LogP contribution >= 0.6 is 0 Å². The van der Waals surface area contributed by atoms with Crippen LogP contribution in [0.15, 0.2) is 36.4 Å². The molecular formula is C16H20O. The Morgan fingerprint density at radius 1 is 1.12 bits per heavy atom. The van der Waals surface area contributed by atoms with Crippen molar-refractivity contribution in [2.75, 3.05) is 0 Å². The maximum Gasteiger partial charge on any atom is 0.0824 e. The maximum absolute atomic E-state index is 10.5. The Morgan fingerprint density at radius 3 is 2.53 bits per heavy atom. The number of benzene rings is 2. The molecule has 2 unspecified atom stereocenters. The number of aliphatic hydroxyl groups excluding tert-OH is 1. The van der Waals surface area contributed by atoms with Gasteiger partial charge in [0, 0.05) is 0 Å². The quantitative estimate of drug-likeness (QED) is 0.833. The predicted octanol–water partition coefficient (Wildman–Crippen LogP) is 4.23. The number of hydrogen-bond donors (Lipinski definition) is 1. The summed E-state index contributed by atoms with van der Waals surface area (Å²) in [5.74, 6) is 0.291. The lowest BCUT2D eigenvalue weighted by Gasteiger charge is -2.21. The monoisotopic (exact) mass is 228 g/mol. The normalized spacial score (nSPS) is 14.8. The molecule has 0 fully saturated rings. The van der Waals surface area contributed by atoms with E-state index >= 15 is 0 Å². The van der Waals surface area contributed by atoms with E-state index in [-0.39, 0.29) is 6.10 Å². The molecule has 90 valence electrons. The molecule has 0 saturated heterocycles. The zero-order chi connectivity index (χ0) is 12.4. The van der Waals surface area contributed by atoms with Gasteiger partial charge in [0.1, 0.15) is 0 Å². The van der Waals surface area contributed by atoms with Crippen molar-refractivity contribution in [3.63, 3.8) is 0 Å². The second-order valence-corrected chi connectivity index (χ2v) is 4.85. The van der Waals surface area contributed by atoms with Gasteiger partial charge in [-0.1, -0.05) is 56.7 Å². The number of hydrogen-bond acceptors (Lipinski definition) is 1.